The van der Waals surface area contributed by atoms with Gasteiger partial charge >= 0.3 is 0 Å². The van der Waals surface area contributed by atoms with Crippen LogP contribution in [0.4, 0.5) is 0 Å². The van der Waals surface area contributed by atoms with Gasteiger partial charge in [-0.2, -0.15) is 0 Å². The van der Waals surface area contributed by atoms with Gasteiger partial charge in [0.2, 0.25) is 0 Å². The van der Waals surface area contributed by atoms with Crippen molar-refractivity contribution in [2.75, 3.05) is 13.2 Å². The molecule has 5 nitrogen and oxygen atoms in total. The van der Waals surface area contributed by atoms with E-state index >= 15 is 0 Å². The summed E-state index contributed by atoms with van der Waals surface area (Å²) in [5.41, 5.74) is 3.45. The van der Waals surface area contributed by atoms with Crippen molar-refractivity contribution in [1.82, 2.24) is 10.3 Å². The summed E-state index contributed by atoms with van der Waals surface area (Å²) in [6.45, 7) is 3.29. The first-order chi connectivity index (χ1) is 13.4. The summed E-state index contributed by atoms with van der Waals surface area (Å²) in [4.78, 5) is 4.12. The minimum absolute atomic E-state index is 0. The topological polar surface area (TPSA) is 52.6 Å². The Kier molecular flexibility index (Phi) is 7.12. The zero-order valence-electron chi connectivity index (χ0n) is 15.4. The van der Waals surface area contributed by atoms with Crippen LogP contribution in [0.1, 0.15) is 16.7 Å². The Labute approximate surface area is 171 Å². The highest BCUT2D eigenvalue weighted by atomic mass is 35.5. The monoisotopic (exact) mass is 397 g/mol. The molecular weight excluding hydrogens is 376 g/mol. The van der Waals surface area contributed by atoms with E-state index in [1.807, 2.05) is 42.6 Å². The Morgan fingerprint density at radius 3 is 2.39 bits per heavy atom. The number of benzene rings is 2. The lowest BCUT2D eigenvalue weighted by Crippen LogP contribution is -3.00. The van der Waals surface area contributed by atoms with Crippen LogP contribution in [0.3, 0.4) is 0 Å². The van der Waals surface area contributed by atoms with Crippen LogP contribution in [0, 0.1) is 0 Å². The van der Waals surface area contributed by atoms with Gasteiger partial charge in [0.25, 0.3) is 0 Å². The number of rotatable bonds is 7. The lowest BCUT2D eigenvalue weighted by atomic mass is 10.2. The van der Waals surface area contributed by atoms with Gasteiger partial charge < -0.3 is 31.9 Å². The molecule has 0 unspecified atom stereocenters. The summed E-state index contributed by atoms with van der Waals surface area (Å²) < 4.78 is 17.0. The Bertz CT molecular complexity index is 873. The first-order valence-electron chi connectivity index (χ1n) is 9.07. The highest BCUT2D eigenvalue weighted by molar-refractivity contribution is 5.43. The second-order valence-electron chi connectivity index (χ2n) is 6.38. The van der Waals surface area contributed by atoms with Gasteiger partial charge in [0.1, 0.15) is 25.6 Å². The fourth-order valence-corrected chi connectivity index (χ4v) is 2.90. The molecule has 0 fully saturated rings. The molecule has 0 saturated heterocycles. The van der Waals surface area contributed by atoms with Crippen LogP contribution in [-0.2, 0) is 19.7 Å². The van der Waals surface area contributed by atoms with Gasteiger partial charge in [-0.1, -0.05) is 24.3 Å². The largest absolute Gasteiger partial charge is 1.00 e. The molecule has 0 saturated carbocycles. The molecule has 1 N–H and O–H groups in total. The van der Waals surface area contributed by atoms with Crippen molar-refractivity contribution in [2.24, 2.45) is 0 Å². The number of fused-ring (bicyclic) bond motifs is 1. The number of pyridine rings is 1. The third-order valence-corrected chi connectivity index (χ3v) is 4.32. The van der Waals surface area contributed by atoms with Crippen molar-refractivity contribution >= 4 is 0 Å². The minimum atomic E-state index is 0. The molecule has 0 bridgehead atoms. The summed E-state index contributed by atoms with van der Waals surface area (Å²) in [5, 5.41) is 3.42. The minimum Gasteiger partial charge on any atom is -1.00 e. The lowest BCUT2D eigenvalue weighted by Gasteiger charge is -2.19. The molecule has 2 heterocycles. The molecule has 0 radical (unpaired) electrons. The number of halogens is 1. The maximum Gasteiger partial charge on any atom is 0.161 e. The predicted octanol–water partition coefficient (Wildman–Crippen LogP) is 0.726. The van der Waals surface area contributed by atoms with Gasteiger partial charge in [0.05, 0.1) is 0 Å². The van der Waals surface area contributed by atoms with Crippen LogP contribution in [-0.4, -0.2) is 18.2 Å². The molecule has 3 aromatic rings. The van der Waals surface area contributed by atoms with Gasteiger partial charge in [-0.3, -0.25) is 4.98 Å². The molecule has 0 spiro atoms. The summed E-state index contributed by atoms with van der Waals surface area (Å²) >= 11 is 0. The molecular formula is C22H22ClN2O3-. The van der Waals surface area contributed by atoms with Crippen LogP contribution >= 0.6 is 0 Å². The van der Waals surface area contributed by atoms with Gasteiger partial charge in [-0.05, 0) is 47.0 Å². The van der Waals surface area contributed by atoms with Crippen molar-refractivity contribution in [3.63, 3.8) is 0 Å². The normalized spacial score (nSPS) is 12.1. The smallest absolute Gasteiger partial charge is 0.161 e. The fraction of sp³-hybridized carbons (Fsp3) is 0.227. The van der Waals surface area contributed by atoms with E-state index in [0.717, 1.165) is 35.9 Å². The molecule has 1 aliphatic heterocycles. The standard InChI is InChI=1S/C22H22N2O3.ClH/c1-2-19(14-23-9-1)15-24-13-17-3-6-20(7-4-17)27-16-18-5-8-21-22(12-18)26-11-10-25-21;/h1-9,12,14,24H,10-11,13,15-16H2;1H/p-1. The van der Waals surface area contributed by atoms with Crippen molar-refractivity contribution in [3.8, 4) is 17.2 Å². The molecule has 1 aromatic heterocycles. The summed E-state index contributed by atoms with van der Waals surface area (Å²) in [6.07, 6.45) is 3.66. The van der Waals surface area contributed by atoms with Crippen molar-refractivity contribution < 1.29 is 26.6 Å². The molecule has 6 heteroatoms. The van der Waals surface area contributed by atoms with Crippen LogP contribution in [0.15, 0.2) is 67.0 Å². The Morgan fingerprint density at radius 2 is 1.61 bits per heavy atom. The van der Waals surface area contributed by atoms with E-state index < -0.39 is 0 Å². The average Bonchev–Trinajstić information content (AvgIpc) is 2.74. The molecule has 0 aliphatic carbocycles. The highest BCUT2D eigenvalue weighted by Gasteiger charge is 2.11. The zero-order valence-corrected chi connectivity index (χ0v) is 16.2. The number of nitrogens with zero attached hydrogens (tertiary/aromatic N) is 1. The average molecular weight is 398 g/mol. The predicted molar refractivity (Wildman–Crippen MR) is 103 cm³/mol. The van der Waals surface area contributed by atoms with E-state index in [2.05, 4.69) is 28.5 Å². The molecule has 0 amide bonds. The molecule has 2 aromatic carbocycles. The number of hydrogen-bond donors (Lipinski definition) is 1. The van der Waals surface area contributed by atoms with E-state index in [4.69, 9.17) is 14.2 Å². The van der Waals surface area contributed by atoms with Gasteiger partial charge in [-0.25, -0.2) is 0 Å². The van der Waals surface area contributed by atoms with Crippen molar-refractivity contribution in [1.29, 1.82) is 0 Å². The highest BCUT2D eigenvalue weighted by Crippen LogP contribution is 2.31. The lowest BCUT2D eigenvalue weighted by molar-refractivity contribution is -0.00000643. The first-order valence-corrected chi connectivity index (χ1v) is 9.07. The maximum atomic E-state index is 5.89. The zero-order chi connectivity index (χ0) is 18.3. The van der Waals surface area contributed by atoms with Crippen molar-refractivity contribution in [3.05, 3.63) is 83.7 Å². The molecule has 28 heavy (non-hydrogen) atoms. The molecule has 0 atom stereocenters. The van der Waals surface area contributed by atoms with E-state index in [1.165, 1.54) is 11.1 Å². The Hall–Kier alpha value is -2.76. The van der Waals surface area contributed by atoms with Crippen LogP contribution < -0.4 is 31.9 Å². The van der Waals surface area contributed by atoms with Gasteiger partial charge in [0, 0.05) is 25.5 Å². The van der Waals surface area contributed by atoms with Crippen LogP contribution in [0.2, 0.25) is 0 Å². The Morgan fingerprint density at radius 1 is 0.857 bits per heavy atom. The number of hydrogen-bond acceptors (Lipinski definition) is 5. The summed E-state index contributed by atoms with van der Waals surface area (Å²) in [7, 11) is 0. The van der Waals surface area contributed by atoms with Crippen LogP contribution in [0.5, 0.6) is 17.2 Å². The second-order valence-corrected chi connectivity index (χ2v) is 6.38. The van der Waals surface area contributed by atoms with Gasteiger partial charge in [-0.15, -0.1) is 0 Å². The SMILES string of the molecule is [Cl-].c1cncc(CNCc2ccc(OCc3ccc4c(c3)OCCO4)cc2)c1. The maximum absolute atomic E-state index is 5.89. The third-order valence-electron chi connectivity index (χ3n) is 4.32. The quantitative estimate of drug-likeness (QED) is 0.637. The van der Waals surface area contributed by atoms with E-state index in [0.29, 0.717) is 19.8 Å². The molecule has 4 rings (SSSR count). The summed E-state index contributed by atoms with van der Waals surface area (Å²) in [5.74, 6) is 2.44. The summed E-state index contributed by atoms with van der Waals surface area (Å²) in [6, 6.07) is 18.1. The fourth-order valence-electron chi connectivity index (χ4n) is 2.90. The molecule has 1 aliphatic rings. The Balaban J connectivity index is 0.00000225. The van der Waals surface area contributed by atoms with Crippen LogP contribution in [0.25, 0.3) is 0 Å². The van der Waals surface area contributed by atoms with Crippen molar-refractivity contribution in [2.45, 2.75) is 19.7 Å². The third kappa shape index (κ3) is 5.38. The second kappa shape index (κ2) is 9.97. The van der Waals surface area contributed by atoms with Gasteiger partial charge in [0.15, 0.2) is 11.5 Å². The number of nitrogens with one attached hydrogen (secondary N) is 1. The van der Waals surface area contributed by atoms with E-state index in [-0.39, 0.29) is 12.4 Å². The van der Waals surface area contributed by atoms with E-state index in [9.17, 15) is 0 Å². The molecule has 146 valence electrons. The number of aromatic nitrogens is 1. The van der Waals surface area contributed by atoms with E-state index in [1.54, 1.807) is 6.20 Å². The first kappa shape index (κ1) is 20.0. The number of ether oxygens (including phenoxy) is 3.